The van der Waals surface area contributed by atoms with E-state index in [1.165, 1.54) is 6.07 Å². The molecule has 0 aliphatic rings. The first-order valence-corrected chi connectivity index (χ1v) is 6.68. The lowest BCUT2D eigenvalue weighted by molar-refractivity contribution is 0.598. The summed E-state index contributed by atoms with van der Waals surface area (Å²) >= 11 is 2.25. The smallest absolute Gasteiger partial charge is 0.126 e. The maximum Gasteiger partial charge on any atom is 0.126 e. The van der Waals surface area contributed by atoms with E-state index in [0.29, 0.717) is 5.56 Å². The minimum absolute atomic E-state index is 0.201. The first kappa shape index (κ1) is 13.5. The highest BCUT2D eigenvalue weighted by Gasteiger charge is 2.15. The van der Waals surface area contributed by atoms with Crippen molar-refractivity contribution in [1.82, 2.24) is 5.43 Å². The van der Waals surface area contributed by atoms with Gasteiger partial charge in [-0.2, -0.15) is 0 Å². The Labute approximate surface area is 120 Å². The number of benzene rings is 2. The van der Waals surface area contributed by atoms with Crippen LogP contribution in [0, 0.1) is 16.3 Å². The van der Waals surface area contributed by atoms with Crippen molar-refractivity contribution < 1.29 is 4.39 Å². The lowest BCUT2D eigenvalue weighted by Crippen LogP contribution is -2.29. The summed E-state index contributed by atoms with van der Waals surface area (Å²) in [7, 11) is 0. The van der Waals surface area contributed by atoms with E-state index >= 15 is 0 Å². The van der Waals surface area contributed by atoms with Gasteiger partial charge in [0.2, 0.25) is 0 Å². The topological polar surface area (TPSA) is 38.0 Å². The van der Waals surface area contributed by atoms with Gasteiger partial charge >= 0.3 is 0 Å². The Hall–Kier alpha value is -0.980. The zero-order valence-electron chi connectivity index (χ0n) is 9.95. The van der Waals surface area contributed by atoms with Gasteiger partial charge in [-0.05, 0) is 58.3 Å². The van der Waals surface area contributed by atoms with Gasteiger partial charge in [0.1, 0.15) is 5.82 Å². The number of nitrogens with two attached hydrogens (primary N) is 1. The minimum Gasteiger partial charge on any atom is -0.271 e. The van der Waals surface area contributed by atoms with Gasteiger partial charge in [-0.15, -0.1) is 0 Å². The molecule has 94 valence electrons. The normalized spacial score (nSPS) is 12.4. The van der Waals surface area contributed by atoms with E-state index in [9.17, 15) is 4.39 Å². The summed E-state index contributed by atoms with van der Waals surface area (Å²) in [4.78, 5) is 0. The molecule has 0 saturated carbocycles. The fourth-order valence-corrected chi connectivity index (χ4v) is 2.56. The van der Waals surface area contributed by atoms with E-state index in [4.69, 9.17) is 5.84 Å². The van der Waals surface area contributed by atoms with Crippen LogP contribution in [-0.4, -0.2) is 0 Å². The third-order valence-electron chi connectivity index (χ3n) is 2.91. The monoisotopic (exact) mass is 356 g/mol. The molecule has 0 saturated heterocycles. The summed E-state index contributed by atoms with van der Waals surface area (Å²) < 4.78 is 14.7. The molecule has 0 heterocycles. The molecule has 2 aromatic carbocycles. The molecule has 0 amide bonds. The van der Waals surface area contributed by atoms with Crippen LogP contribution in [0.25, 0.3) is 0 Å². The molecule has 2 rings (SSSR count). The van der Waals surface area contributed by atoms with Gasteiger partial charge in [-0.25, -0.2) is 9.82 Å². The second-order valence-corrected chi connectivity index (χ2v) is 5.29. The van der Waals surface area contributed by atoms with Crippen molar-refractivity contribution >= 4 is 22.6 Å². The predicted molar refractivity (Wildman–Crippen MR) is 79.5 cm³/mol. The van der Waals surface area contributed by atoms with Gasteiger partial charge in [0.25, 0.3) is 0 Å². The molecule has 1 unspecified atom stereocenters. The predicted octanol–water partition coefficient (Wildman–Crippen LogP) is 3.29. The summed E-state index contributed by atoms with van der Waals surface area (Å²) in [6.07, 6.45) is 0. The van der Waals surface area contributed by atoms with Gasteiger partial charge in [-0.1, -0.05) is 30.3 Å². The van der Waals surface area contributed by atoms with E-state index in [2.05, 4.69) is 28.0 Å². The number of hydrazine groups is 1. The van der Waals surface area contributed by atoms with Crippen LogP contribution >= 0.6 is 22.6 Å². The van der Waals surface area contributed by atoms with Crippen molar-refractivity contribution in [3.63, 3.8) is 0 Å². The summed E-state index contributed by atoms with van der Waals surface area (Å²) in [5.41, 5.74) is 5.26. The molecule has 0 radical (unpaired) electrons. The van der Waals surface area contributed by atoms with Crippen LogP contribution in [0.1, 0.15) is 22.7 Å². The van der Waals surface area contributed by atoms with Crippen LogP contribution < -0.4 is 11.3 Å². The molecule has 0 fully saturated rings. The lowest BCUT2D eigenvalue weighted by Gasteiger charge is -2.18. The quantitative estimate of drug-likeness (QED) is 0.503. The van der Waals surface area contributed by atoms with Crippen molar-refractivity contribution in [2.75, 3.05) is 0 Å². The Morgan fingerprint density at radius 3 is 2.56 bits per heavy atom. The molecule has 0 spiro atoms. The molecule has 18 heavy (non-hydrogen) atoms. The average molecular weight is 356 g/mol. The van der Waals surface area contributed by atoms with Gasteiger partial charge in [0, 0.05) is 3.57 Å². The standard InChI is InChI=1S/C14H14FIN2/c1-9-6-7-10(8-12(9)15)14(18-17)11-4-2-3-5-13(11)16/h2-8,14,18H,17H2,1H3. The Balaban J connectivity index is 2.45. The van der Waals surface area contributed by atoms with Crippen molar-refractivity contribution in [2.45, 2.75) is 13.0 Å². The van der Waals surface area contributed by atoms with Gasteiger partial charge in [0.15, 0.2) is 0 Å². The molecular formula is C14H14FIN2. The van der Waals surface area contributed by atoms with E-state index in [0.717, 1.165) is 14.7 Å². The number of halogens is 2. The molecule has 0 aliphatic heterocycles. The van der Waals surface area contributed by atoms with E-state index in [1.54, 1.807) is 13.0 Å². The van der Waals surface area contributed by atoms with Crippen LogP contribution in [0.2, 0.25) is 0 Å². The fraction of sp³-hybridized carbons (Fsp3) is 0.143. The summed E-state index contributed by atoms with van der Waals surface area (Å²) in [5.74, 6) is 5.41. The van der Waals surface area contributed by atoms with Crippen LogP contribution in [0.5, 0.6) is 0 Å². The summed E-state index contributed by atoms with van der Waals surface area (Å²) in [6, 6.07) is 12.9. The highest BCUT2D eigenvalue weighted by Crippen LogP contribution is 2.26. The van der Waals surface area contributed by atoms with Gasteiger partial charge in [0.05, 0.1) is 6.04 Å². The Kier molecular flexibility index (Phi) is 4.31. The molecule has 1 atom stereocenters. The van der Waals surface area contributed by atoms with Crippen LogP contribution in [0.4, 0.5) is 4.39 Å². The zero-order chi connectivity index (χ0) is 13.1. The third-order valence-corrected chi connectivity index (χ3v) is 3.89. The SMILES string of the molecule is Cc1ccc(C(NN)c2ccccc2I)cc1F. The van der Waals surface area contributed by atoms with Crippen molar-refractivity contribution in [1.29, 1.82) is 0 Å². The highest BCUT2D eigenvalue weighted by atomic mass is 127. The molecule has 0 aliphatic carbocycles. The number of nitrogens with one attached hydrogen (secondary N) is 1. The van der Waals surface area contributed by atoms with E-state index < -0.39 is 0 Å². The highest BCUT2D eigenvalue weighted by molar-refractivity contribution is 14.1. The molecule has 3 N–H and O–H groups in total. The molecular weight excluding hydrogens is 342 g/mol. The van der Waals surface area contributed by atoms with Gasteiger partial charge < -0.3 is 0 Å². The first-order chi connectivity index (χ1) is 8.63. The number of hydrogen-bond acceptors (Lipinski definition) is 2. The summed E-state index contributed by atoms with van der Waals surface area (Å²) in [5, 5.41) is 0. The van der Waals surface area contributed by atoms with Gasteiger partial charge in [-0.3, -0.25) is 5.84 Å². The maximum atomic E-state index is 13.6. The number of rotatable bonds is 3. The second-order valence-electron chi connectivity index (χ2n) is 4.13. The largest absolute Gasteiger partial charge is 0.271 e. The molecule has 0 bridgehead atoms. The molecule has 0 aromatic heterocycles. The average Bonchev–Trinajstić information content (AvgIpc) is 2.37. The van der Waals surface area contributed by atoms with Crippen molar-refractivity contribution in [3.05, 3.63) is 68.5 Å². The van der Waals surface area contributed by atoms with Crippen molar-refractivity contribution in [2.24, 2.45) is 5.84 Å². The Morgan fingerprint density at radius 1 is 1.22 bits per heavy atom. The number of hydrogen-bond donors (Lipinski definition) is 2. The van der Waals surface area contributed by atoms with Crippen LogP contribution in [-0.2, 0) is 0 Å². The fourth-order valence-electron chi connectivity index (χ4n) is 1.86. The van der Waals surface area contributed by atoms with Crippen LogP contribution in [0.15, 0.2) is 42.5 Å². The Bertz CT molecular complexity index is 557. The van der Waals surface area contributed by atoms with E-state index in [1.807, 2.05) is 30.3 Å². The zero-order valence-corrected chi connectivity index (χ0v) is 12.1. The molecule has 4 heteroatoms. The van der Waals surface area contributed by atoms with Crippen molar-refractivity contribution in [3.8, 4) is 0 Å². The molecule has 2 aromatic rings. The number of aryl methyl sites for hydroxylation is 1. The van der Waals surface area contributed by atoms with Crippen LogP contribution in [0.3, 0.4) is 0 Å². The molecule has 2 nitrogen and oxygen atoms in total. The van der Waals surface area contributed by atoms with E-state index in [-0.39, 0.29) is 11.9 Å². The Morgan fingerprint density at radius 2 is 1.94 bits per heavy atom. The second kappa shape index (κ2) is 5.77. The summed E-state index contributed by atoms with van der Waals surface area (Å²) in [6.45, 7) is 1.75. The third kappa shape index (κ3) is 2.71. The lowest BCUT2D eigenvalue weighted by atomic mass is 9.98. The first-order valence-electron chi connectivity index (χ1n) is 5.60. The maximum absolute atomic E-state index is 13.6. The minimum atomic E-state index is -0.210.